The Morgan fingerprint density at radius 1 is 1.13 bits per heavy atom. The van der Waals surface area contributed by atoms with Crippen LogP contribution in [0.3, 0.4) is 0 Å². The third-order valence-corrected chi connectivity index (χ3v) is 7.48. The van der Waals surface area contributed by atoms with Crippen LogP contribution in [0, 0.1) is 5.92 Å². The minimum atomic E-state index is -3.67. The summed E-state index contributed by atoms with van der Waals surface area (Å²) >= 11 is 0. The fourth-order valence-corrected chi connectivity index (χ4v) is 5.50. The zero-order chi connectivity index (χ0) is 21.3. The van der Waals surface area contributed by atoms with E-state index in [-0.39, 0.29) is 29.2 Å². The van der Waals surface area contributed by atoms with Gasteiger partial charge < -0.3 is 14.2 Å². The molecular formula is C19H25N5O5S. The molecule has 2 aromatic rings. The van der Waals surface area contributed by atoms with Gasteiger partial charge >= 0.3 is 0 Å². The molecular weight excluding hydrogens is 410 g/mol. The van der Waals surface area contributed by atoms with Crippen LogP contribution in [0.1, 0.15) is 23.4 Å². The molecule has 2 fully saturated rings. The van der Waals surface area contributed by atoms with Gasteiger partial charge in [-0.05, 0) is 25.0 Å². The van der Waals surface area contributed by atoms with Gasteiger partial charge in [0.25, 0.3) is 5.91 Å². The molecule has 1 atom stereocenters. The number of carbonyl (C=O) groups is 2. The van der Waals surface area contributed by atoms with Crippen molar-refractivity contribution in [1.82, 2.24) is 23.9 Å². The normalized spacial score (nSPS) is 21.0. The monoisotopic (exact) mass is 435 g/mol. The summed E-state index contributed by atoms with van der Waals surface area (Å²) in [5.41, 5.74) is 0. The molecule has 2 amide bonds. The average molecular weight is 436 g/mol. The van der Waals surface area contributed by atoms with Crippen LogP contribution in [0.4, 0.5) is 0 Å². The van der Waals surface area contributed by atoms with Crippen molar-refractivity contribution >= 4 is 21.8 Å². The smallest absolute Gasteiger partial charge is 0.289 e. The number of hydrogen-bond acceptors (Lipinski definition) is 6. The molecule has 0 saturated carbocycles. The van der Waals surface area contributed by atoms with Crippen molar-refractivity contribution in [2.24, 2.45) is 13.0 Å². The minimum Gasteiger partial charge on any atom is -0.459 e. The summed E-state index contributed by atoms with van der Waals surface area (Å²) in [6.07, 6.45) is 5.55. The third-order valence-electron chi connectivity index (χ3n) is 5.66. The summed E-state index contributed by atoms with van der Waals surface area (Å²) in [7, 11) is -2.00. The van der Waals surface area contributed by atoms with Crippen LogP contribution in [0.25, 0.3) is 0 Å². The molecule has 2 saturated heterocycles. The second kappa shape index (κ2) is 8.23. The van der Waals surface area contributed by atoms with Crippen molar-refractivity contribution < 1.29 is 22.4 Å². The Balaban J connectivity index is 1.36. The summed E-state index contributed by atoms with van der Waals surface area (Å²) in [6.45, 7) is 2.27. The zero-order valence-corrected chi connectivity index (χ0v) is 17.6. The molecule has 2 aliphatic heterocycles. The highest BCUT2D eigenvalue weighted by Gasteiger charge is 2.36. The highest BCUT2D eigenvalue weighted by atomic mass is 32.2. The van der Waals surface area contributed by atoms with E-state index in [4.69, 9.17) is 4.42 Å². The van der Waals surface area contributed by atoms with E-state index in [9.17, 15) is 18.0 Å². The number of nitrogens with zero attached hydrogens (tertiary/aromatic N) is 5. The van der Waals surface area contributed by atoms with E-state index in [0.717, 1.165) is 0 Å². The highest BCUT2D eigenvalue weighted by Crippen LogP contribution is 2.25. The van der Waals surface area contributed by atoms with Crippen molar-refractivity contribution in [1.29, 1.82) is 0 Å². The number of amides is 2. The number of piperidine rings is 1. The molecule has 0 radical (unpaired) electrons. The number of aromatic nitrogens is 2. The van der Waals surface area contributed by atoms with Gasteiger partial charge in [-0.25, -0.2) is 8.42 Å². The molecule has 0 bridgehead atoms. The van der Waals surface area contributed by atoms with E-state index >= 15 is 0 Å². The molecule has 2 aromatic heterocycles. The van der Waals surface area contributed by atoms with Crippen LogP contribution < -0.4 is 0 Å². The lowest BCUT2D eigenvalue weighted by Gasteiger charge is -2.38. The first-order valence-corrected chi connectivity index (χ1v) is 11.4. The third kappa shape index (κ3) is 3.99. The molecule has 0 spiro atoms. The Morgan fingerprint density at radius 2 is 1.87 bits per heavy atom. The van der Waals surface area contributed by atoms with Crippen molar-refractivity contribution in [3.05, 3.63) is 36.5 Å². The maximum Gasteiger partial charge on any atom is 0.289 e. The van der Waals surface area contributed by atoms with Crippen LogP contribution in [0.5, 0.6) is 0 Å². The maximum absolute atomic E-state index is 13.0. The Bertz CT molecular complexity index is 1010. The van der Waals surface area contributed by atoms with E-state index in [0.29, 0.717) is 51.3 Å². The quantitative estimate of drug-likeness (QED) is 0.688. The van der Waals surface area contributed by atoms with Gasteiger partial charge in [0.1, 0.15) is 4.90 Å². The van der Waals surface area contributed by atoms with Crippen molar-refractivity contribution in [3.8, 4) is 0 Å². The fourth-order valence-electron chi connectivity index (χ4n) is 3.99. The Labute approximate surface area is 175 Å². The van der Waals surface area contributed by atoms with Gasteiger partial charge in [-0.15, -0.1) is 0 Å². The fraction of sp³-hybridized carbons (Fsp3) is 0.526. The summed E-state index contributed by atoms with van der Waals surface area (Å²) in [4.78, 5) is 29.0. The van der Waals surface area contributed by atoms with Gasteiger partial charge in [-0.3, -0.25) is 14.3 Å². The molecule has 0 N–H and O–H groups in total. The van der Waals surface area contributed by atoms with Gasteiger partial charge in [0.2, 0.25) is 15.9 Å². The molecule has 4 rings (SSSR count). The molecule has 10 nitrogen and oxygen atoms in total. The van der Waals surface area contributed by atoms with Gasteiger partial charge in [0, 0.05) is 52.5 Å². The van der Waals surface area contributed by atoms with Gasteiger partial charge in [-0.2, -0.15) is 9.40 Å². The minimum absolute atomic E-state index is 0.0498. The number of rotatable bonds is 4. The lowest BCUT2D eigenvalue weighted by atomic mass is 9.97. The lowest BCUT2D eigenvalue weighted by Crippen LogP contribution is -2.54. The number of carbonyl (C=O) groups excluding carboxylic acids is 2. The predicted octanol–water partition coefficient (Wildman–Crippen LogP) is 0.398. The first kappa shape index (κ1) is 20.6. The van der Waals surface area contributed by atoms with Crippen LogP contribution >= 0.6 is 0 Å². The molecule has 4 heterocycles. The van der Waals surface area contributed by atoms with Crippen LogP contribution in [0.2, 0.25) is 0 Å². The second-order valence-corrected chi connectivity index (χ2v) is 9.58. The van der Waals surface area contributed by atoms with Crippen molar-refractivity contribution in [2.75, 3.05) is 39.3 Å². The van der Waals surface area contributed by atoms with E-state index in [1.165, 1.54) is 27.6 Å². The van der Waals surface area contributed by atoms with E-state index in [1.807, 2.05) is 0 Å². The van der Waals surface area contributed by atoms with Gasteiger partial charge in [0.05, 0.1) is 18.4 Å². The summed E-state index contributed by atoms with van der Waals surface area (Å²) < 4.78 is 33.7. The molecule has 2 aliphatic rings. The molecule has 30 heavy (non-hydrogen) atoms. The number of furan rings is 1. The molecule has 0 aliphatic carbocycles. The number of hydrogen-bond donors (Lipinski definition) is 0. The second-order valence-electron chi connectivity index (χ2n) is 7.65. The van der Waals surface area contributed by atoms with Crippen molar-refractivity contribution in [2.45, 2.75) is 17.7 Å². The zero-order valence-electron chi connectivity index (χ0n) is 16.8. The van der Waals surface area contributed by atoms with E-state index < -0.39 is 10.0 Å². The summed E-state index contributed by atoms with van der Waals surface area (Å²) in [5.74, 6) is -0.319. The Morgan fingerprint density at radius 3 is 2.50 bits per heavy atom. The van der Waals surface area contributed by atoms with E-state index in [2.05, 4.69) is 5.10 Å². The molecule has 11 heteroatoms. The lowest BCUT2D eigenvalue weighted by molar-refractivity contribution is -0.138. The predicted molar refractivity (Wildman–Crippen MR) is 106 cm³/mol. The largest absolute Gasteiger partial charge is 0.459 e. The van der Waals surface area contributed by atoms with Gasteiger partial charge in [0.15, 0.2) is 5.76 Å². The summed E-state index contributed by atoms with van der Waals surface area (Å²) in [6, 6.07) is 3.29. The van der Waals surface area contributed by atoms with Crippen LogP contribution in [0.15, 0.2) is 40.1 Å². The topological polar surface area (TPSA) is 109 Å². The standard InChI is InChI=1S/C19H25N5O5S/c1-21-14-16(12-20-21)30(27,28)24-6-2-4-15(13-24)18(25)22-7-9-23(10-8-22)19(26)17-5-3-11-29-17/h3,5,11-12,14-15H,2,4,6-10,13H2,1H3/t15-/m1/s1. The maximum atomic E-state index is 13.0. The van der Waals surface area contributed by atoms with E-state index in [1.54, 1.807) is 29.0 Å². The van der Waals surface area contributed by atoms with Gasteiger partial charge in [-0.1, -0.05) is 0 Å². The first-order valence-electron chi connectivity index (χ1n) is 9.96. The summed E-state index contributed by atoms with van der Waals surface area (Å²) in [5, 5.41) is 3.94. The number of aryl methyl sites for hydroxylation is 1. The van der Waals surface area contributed by atoms with Crippen LogP contribution in [-0.2, 0) is 21.9 Å². The van der Waals surface area contributed by atoms with Crippen molar-refractivity contribution in [3.63, 3.8) is 0 Å². The Hall–Kier alpha value is -2.66. The Kier molecular flexibility index (Phi) is 5.65. The number of sulfonamides is 1. The molecule has 162 valence electrons. The number of piperazine rings is 1. The first-order chi connectivity index (χ1) is 14.4. The highest BCUT2D eigenvalue weighted by molar-refractivity contribution is 7.89. The molecule has 0 unspecified atom stereocenters. The molecule has 0 aromatic carbocycles. The SMILES string of the molecule is Cn1cc(S(=O)(=O)N2CCC[C@@H](C(=O)N3CCN(C(=O)c4ccco4)CC3)C2)cn1. The average Bonchev–Trinajstić information content (AvgIpc) is 3.45. The van der Waals surface area contributed by atoms with Crippen LogP contribution in [-0.4, -0.2) is 83.4 Å².